The van der Waals surface area contributed by atoms with Crippen molar-refractivity contribution in [2.75, 3.05) is 19.8 Å². The van der Waals surface area contributed by atoms with Crippen LogP contribution in [-0.4, -0.2) is 35.6 Å². The van der Waals surface area contributed by atoms with Gasteiger partial charge in [-0.05, 0) is 24.0 Å². The second kappa shape index (κ2) is 6.73. The molecule has 1 aromatic carbocycles. The molecule has 1 rings (SSSR count). The summed E-state index contributed by atoms with van der Waals surface area (Å²) in [5.74, 6) is 0.833. The van der Waals surface area contributed by atoms with Crippen molar-refractivity contribution < 1.29 is 14.9 Å². The Hall–Kier alpha value is -1.10. The highest BCUT2D eigenvalue weighted by Crippen LogP contribution is 2.25. The van der Waals surface area contributed by atoms with E-state index in [-0.39, 0.29) is 19.8 Å². The number of para-hydroxylation sites is 1. The number of hydrogen-bond donors (Lipinski definition) is 3. The quantitative estimate of drug-likeness (QED) is 0.674. The second-order valence-electron chi connectivity index (χ2n) is 4.58. The van der Waals surface area contributed by atoms with Crippen LogP contribution in [0.15, 0.2) is 18.2 Å². The van der Waals surface area contributed by atoms with E-state index in [0.717, 1.165) is 29.7 Å². The minimum Gasteiger partial charge on any atom is -0.491 e. The molecule has 18 heavy (non-hydrogen) atoms. The average molecular weight is 253 g/mol. The third kappa shape index (κ3) is 3.45. The predicted molar refractivity (Wildman–Crippen MR) is 71.8 cm³/mol. The van der Waals surface area contributed by atoms with Crippen molar-refractivity contribution in [2.24, 2.45) is 5.73 Å². The maximum absolute atomic E-state index is 9.15. The molecule has 102 valence electrons. The van der Waals surface area contributed by atoms with Crippen LogP contribution in [0.2, 0.25) is 0 Å². The Balaban J connectivity index is 2.89. The van der Waals surface area contributed by atoms with Crippen LogP contribution in [0.4, 0.5) is 0 Å². The van der Waals surface area contributed by atoms with Gasteiger partial charge < -0.3 is 20.7 Å². The first kappa shape index (κ1) is 15.0. The van der Waals surface area contributed by atoms with Gasteiger partial charge in [0.25, 0.3) is 0 Å². The lowest BCUT2D eigenvalue weighted by atomic mass is 10.0. The maximum atomic E-state index is 9.15. The minimum absolute atomic E-state index is 0.101. The van der Waals surface area contributed by atoms with E-state index in [0.29, 0.717) is 0 Å². The number of ether oxygens (including phenoxy) is 1. The van der Waals surface area contributed by atoms with Crippen LogP contribution in [0.25, 0.3) is 0 Å². The van der Waals surface area contributed by atoms with Gasteiger partial charge in [-0.15, -0.1) is 0 Å². The van der Waals surface area contributed by atoms with Crippen molar-refractivity contribution in [1.82, 2.24) is 0 Å². The molecule has 0 saturated heterocycles. The summed E-state index contributed by atoms with van der Waals surface area (Å²) in [6.07, 6.45) is 1.75. The third-order valence-electron chi connectivity index (χ3n) is 3.07. The van der Waals surface area contributed by atoms with Crippen molar-refractivity contribution in [1.29, 1.82) is 0 Å². The van der Waals surface area contributed by atoms with Crippen LogP contribution in [0.3, 0.4) is 0 Å². The van der Waals surface area contributed by atoms with Gasteiger partial charge in [-0.3, -0.25) is 0 Å². The molecule has 0 amide bonds. The van der Waals surface area contributed by atoms with Crippen LogP contribution in [0.1, 0.15) is 25.0 Å². The summed E-state index contributed by atoms with van der Waals surface area (Å²) in [7, 11) is 0. The van der Waals surface area contributed by atoms with Gasteiger partial charge in [0.2, 0.25) is 0 Å². The largest absolute Gasteiger partial charge is 0.491 e. The number of aliphatic hydroxyl groups is 2. The Morgan fingerprint density at radius 2 is 1.61 bits per heavy atom. The number of nitrogens with two attached hydrogens (primary N) is 1. The summed E-state index contributed by atoms with van der Waals surface area (Å²) < 4.78 is 5.75. The van der Waals surface area contributed by atoms with Crippen LogP contribution < -0.4 is 10.5 Å². The van der Waals surface area contributed by atoms with Crippen LogP contribution in [0.5, 0.6) is 5.75 Å². The van der Waals surface area contributed by atoms with E-state index in [1.165, 1.54) is 0 Å². The molecule has 0 saturated carbocycles. The summed E-state index contributed by atoms with van der Waals surface area (Å²) in [5.41, 5.74) is 6.95. The Kier molecular flexibility index (Phi) is 5.59. The first-order valence-corrected chi connectivity index (χ1v) is 6.34. The fraction of sp³-hybridized carbons (Fsp3) is 0.571. The maximum Gasteiger partial charge on any atom is 0.125 e. The summed E-state index contributed by atoms with van der Waals surface area (Å²) in [6.45, 7) is 3.62. The van der Waals surface area contributed by atoms with E-state index < -0.39 is 5.54 Å². The lowest BCUT2D eigenvalue weighted by molar-refractivity contribution is 0.0779. The number of aliphatic hydroxyl groups excluding tert-OH is 2. The van der Waals surface area contributed by atoms with Gasteiger partial charge in [-0.2, -0.15) is 0 Å². The van der Waals surface area contributed by atoms with Crippen LogP contribution in [0, 0.1) is 0 Å². The monoisotopic (exact) mass is 253 g/mol. The fourth-order valence-electron chi connectivity index (χ4n) is 1.74. The van der Waals surface area contributed by atoms with Gasteiger partial charge in [0.05, 0.1) is 18.8 Å². The molecule has 0 bridgehead atoms. The predicted octanol–water partition coefficient (Wildman–Crippen LogP) is 0.872. The minimum atomic E-state index is -1.09. The zero-order chi connectivity index (χ0) is 13.6. The highest BCUT2D eigenvalue weighted by Gasteiger charge is 2.25. The van der Waals surface area contributed by atoms with Crippen molar-refractivity contribution in [3.63, 3.8) is 0 Å². The smallest absolute Gasteiger partial charge is 0.125 e. The lowest BCUT2D eigenvalue weighted by Gasteiger charge is -2.26. The van der Waals surface area contributed by atoms with Crippen LogP contribution in [-0.2, 0) is 12.8 Å². The Bertz CT molecular complexity index is 353. The van der Waals surface area contributed by atoms with Gasteiger partial charge in [0, 0.05) is 0 Å². The molecule has 1 aromatic rings. The van der Waals surface area contributed by atoms with Crippen LogP contribution >= 0.6 is 0 Å². The molecule has 0 aliphatic heterocycles. The Labute approximate surface area is 108 Å². The SMILES string of the molecule is CCc1cccc(CC)c1OCC(N)(CO)CO. The molecule has 0 aromatic heterocycles. The van der Waals surface area contributed by atoms with E-state index in [1.54, 1.807) is 0 Å². The van der Waals surface area contributed by atoms with Gasteiger partial charge in [-0.25, -0.2) is 0 Å². The number of hydrogen-bond acceptors (Lipinski definition) is 4. The second-order valence-corrected chi connectivity index (χ2v) is 4.58. The molecule has 0 heterocycles. The first-order chi connectivity index (χ1) is 8.60. The van der Waals surface area contributed by atoms with E-state index in [1.807, 2.05) is 18.2 Å². The van der Waals surface area contributed by atoms with Gasteiger partial charge in [0.15, 0.2) is 0 Å². The summed E-state index contributed by atoms with van der Waals surface area (Å²) in [4.78, 5) is 0. The number of rotatable bonds is 7. The average Bonchev–Trinajstić information content (AvgIpc) is 2.44. The lowest BCUT2D eigenvalue weighted by Crippen LogP contribution is -2.52. The summed E-state index contributed by atoms with van der Waals surface area (Å²) in [5, 5.41) is 18.3. The molecule has 0 radical (unpaired) electrons. The zero-order valence-electron chi connectivity index (χ0n) is 11.1. The standard InChI is InChI=1S/C14H23NO3/c1-3-11-6-5-7-12(4-2)13(11)18-10-14(15,8-16)9-17/h5-7,16-17H,3-4,8-10,15H2,1-2H3. The third-order valence-corrected chi connectivity index (χ3v) is 3.07. The molecular formula is C14H23NO3. The molecule has 0 aliphatic carbocycles. The molecule has 4 N–H and O–H groups in total. The fourth-order valence-corrected chi connectivity index (χ4v) is 1.74. The van der Waals surface area contributed by atoms with Crippen molar-refractivity contribution in [3.05, 3.63) is 29.3 Å². The molecule has 0 aliphatic rings. The topological polar surface area (TPSA) is 75.7 Å². The highest BCUT2D eigenvalue weighted by molar-refractivity contribution is 5.41. The molecule has 0 unspecified atom stereocenters. The zero-order valence-corrected chi connectivity index (χ0v) is 11.1. The van der Waals surface area contributed by atoms with E-state index in [4.69, 9.17) is 20.7 Å². The molecule has 0 fully saturated rings. The van der Waals surface area contributed by atoms with Gasteiger partial charge in [0.1, 0.15) is 12.4 Å². The molecular weight excluding hydrogens is 230 g/mol. The van der Waals surface area contributed by atoms with Gasteiger partial charge >= 0.3 is 0 Å². The van der Waals surface area contributed by atoms with Crippen molar-refractivity contribution >= 4 is 0 Å². The van der Waals surface area contributed by atoms with E-state index >= 15 is 0 Å². The number of aryl methyl sites for hydroxylation is 2. The highest BCUT2D eigenvalue weighted by atomic mass is 16.5. The Morgan fingerprint density at radius 1 is 1.11 bits per heavy atom. The first-order valence-electron chi connectivity index (χ1n) is 6.34. The summed E-state index contributed by atoms with van der Waals surface area (Å²) >= 11 is 0. The summed E-state index contributed by atoms with van der Waals surface area (Å²) in [6, 6.07) is 6.05. The molecule has 0 spiro atoms. The van der Waals surface area contributed by atoms with E-state index in [9.17, 15) is 0 Å². The molecule has 4 heteroatoms. The molecule has 4 nitrogen and oxygen atoms in total. The Morgan fingerprint density at radius 3 is 2.00 bits per heavy atom. The van der Waals surface area contributed by atoms with E-state index in [2.05, 4.69) is 13.8 Å². The number of benzene rings is 1. The van der Waals surface area contributed by atoms with Gasteiger partial charge in [-0.1, -0.05) is 32.0 Å². The van der Waals surface area contributed by atoms with Crippen molar-refractivity contribution in [2.45, 2.75) is 32.2 Å². The normalized spacial score (nSPS) is 11.6. The van der Waals surface area contributed by atoms with Crippen molar-refractivity contribution in [3.8, 4) is 5.75 Å². The molecule has 0 atom stereocenters.